The van der Waals surface area contributed by atoms with E-state index in [-0.39, 0.29) is 18.0 Å². The first-order valence-electron chi connectivity index (χ1n) is 6.48. The number of ketones is 1. The monoisotopic (exact) mass is 272 g/mol. The average Bonchev–Trinajstić information content (AvgIpc) is 2.38. The number of methoxy groups -OCH3 is 1. The molecule has 2 aromatic carbocycles. The predicted octanol–water partition coefficient (Wildman–Crippen LogP) is 3.50. The van der Waals surface area contributed by atoms with Crippen LogP contribution in [0.15, 0.2) is 42.5 Å². The zero-order valence-corrected chi connectivity index (χ0v) is 11.7. The molecule has 2 aromatic rings. The summed E-state index contributed by atoms with van der Waals surface area (Å²) >= 11 is 0. The molecule has 0 N–H and O–H groups in total. The van der Waals surface area contributed by atoms with Crippen LogP contribution in [0.1, 0.15) is 16.7 Å². The van der Waals surface area contributed by atoms with E-state index in [9.17, 15) is 9.18 Å². The average molecular weight is 272 g/mol. The molecule has 0 atom stereocenters. The first kappa shape index (κ1) is 14.3. The molecule has 2 rings (SSSR count). The van der Waals surface area contributed by atoms with Crippen molar-refractivity contribution in [3.8, 4) is 5.75 Å². The number of hydrogen-bond donors (Lipinski definition) is 0. The molecule has 0 bridgehead atoms. The van der Waals surface area contributed by atoms with E-state index < -0.39 is 0 Å². The van der Waals surface area contributed by atoms with Crippen molar-refractivity contribution in [3.63, 3.8) is 0 Å². The second-order valence-electron chi connectivity index (χ2n) is 4.84. The Morgan fingerprint density at radius 3 is 2.65 bits per heavy atom. The van der Waals surface area contributed by atoms with Crippen LogP contribution in [0.5, 0.6) is 5.75 Å². The van der Waals surface area contributed by atoms with E-state index in [1.165, 1.54) is 12.1 Å². The number of halogens is 1. The molecule has 0 unspecified atom stereocenters. The second-order valence-corrected chi connectivity index (χ2v) is 4.84. The smallest absolute Gasteiger partial charge is 0.141 e. The largest absolute Gasteiger partial charge is 0.496 e. The van der Waals surface area contributed by atoms with Gasteiger partial charge >= 0.3 is 0 Å². The molecular formula is C17H17FO2. The van der Waals surface area contributed by atoms with Crippen molar-refractivity contribution in [1.29, 1.82) is 0 Å². The molecular weight excluding hydrogens is 255 g/mol. The van der Waals surface area contributed by atoms with Gasteiger partial charge in [-0.05, 0) is 30.7 Å². The molecule has 0 aromatic heterocycles. The third-order valence-electron chi connectivity index (χ3n) is 3.11. The number of carbonyl (C=O) groups excluding carboxylic acids is 1. The van der Waals surface area contributed by atoms with Crippen molar-refractivity contribution >= 4 is 5.78 Å². The summed E-state index contributed by atoms with van der Waals surface area (Å²) in [5.41, 5.74) is 2.65. The van der Waals surface area contributed by atoms with Crippen LogP contribution in [0, 0.1) is 12.7 Å². The Bertz CT molecular complexity index is 620. The normalized spacial score (nSPS) is 10.3. The Balaban J connectivity index is 2.10. The van der Waals surface area contributed by atoms with Crippen LogP contribution < -0.4 is 4.74 Å². The summed E-state index contributed by atoms with van der Waals surface area (Å²) in [7, 11) is 1.59. The number of rotatable bonds is 5. The van der Waals surface area contributed by atoms with E-state index in [1.807, 2.05) is 25.1 Å². The van der Waals surface area contributed by atoms with Crippen LogP contribution in [0.3, 0.4) is 0 Å². The highest BCUT2D eigenvalue weighted by Gasteiger charge is 2.10. The van der Waals surface area contributed by atoms with Gasteiger partial charge in [-0.2, -0.15) is 0 Å². The van der Waals surface area contributed by atoms with E-state index >= 15 is 0 Å². The summed E-state index contributed by atoms with van der Waals surface area (Å²) < 4.78 is 18.3. The maximum atomic E-state index is 13.1. The van der Waals surface area contributed by atoms with Gasteiger partial charge in [0.2, 0.25) is 0 Å². The van der Waals surface area contributed by atoms with E-state index in [2.05, 4.69) is 0 Å². The Labute approximate surface area is 118 Å². The number of hydrogen-bond acceptors (Lipinski definition) is 2. The maximum Gasteiger partial charge on any atom is 0.141 e. The quantitative estimate of drug-likeness (QED) is 0.832. The third-order valence-corrected chi connectivity index (χ3v) is 3.11. The van der Waals surface area contributed by atoms with Gasteiger partial charge in [0.25, 0.3) is 0 Å². The highest BCUT2D eigenvalue weighted by atomic mass is 19.1. The fourth-order valence-corrected chi connectivity index (χ4v) is 2.20. The first-order chi connectivity index (χ1) is 9.58. The SMILES string of the molecule is COc1ccc(C)cc1CC(=O)Cc1cccc(F)c1. The molecule has 104 valence electrons. The molecule has 2 nitrogen and oxygen atoms in total. The lowest BCUT2D eigenvalue weighted by molar-refractivity contribution is -0.117. The van der Waals surface area contributed by atoms with Crippen molar-refractivity contribution in [2.24, 2.45) is 0 Å². The molecule has 0 aliphatic heterocycles. The lowest BCUT2D eigenvalue weighted by Crippen LogP contribution is -2.08. The minimum absolute atomic E-state index is 0.0412. The van der Waals surface area contributed by atoms with E-state index in [0.717, 1.165) is 11.1 Å². The summed E-state index contributed by atoms with van der Waals surface area (Å²) in [4.78, 5) is 12.1. The van der Waals surface area contributed by atoms with Crippen molar-refractivity contribution in [2.45, 2.75) is 19.8 Å². The van der Waals surface area contributed by atoms with Gasteiger partial charge in [0, 0.05) is 18.4 Å². The van der Waals surface area contributed by atoms with Crippen molar-refractivity contribution in [2.75, 3.05) is 7.11 Å². The van der Waals surface area contributed by atoms with Crippen LogP contribution in [-0.2, 0) is 17.6 Å². The first-order valence-corrected chi connectivity index (χ1v) is 6.48. The number of carbonyl (C=O) groups is 1. The number of Topliss-reactive ketones (excluding diaryl/α,β-unsaturated/α-hetero) is 1. The van der Waals surface area contributed by atoms with Crippen LogP contribution in [-0.4, -0.2) is 12.9 Å². The molecule has 0 fully saturated rings. The van der Waals surface area contributed by atoms with Crippen LogP contribution in [0.25, 0.3) is 0 Å². The fourth-order valence-electron chi connectivity index (χ4n) is 2.20. The molecule has 0 spiro atoms. The van der Waals surface area contributed by atoms with Crippen molar-refractivity contribution < 1.29 is 13.9 Å². The van der Waals surface area contributed by atoms with E-state index in [0.29, 0.717) is 17.7 Å². The third kappa shape index (κ3) is 3.67. The van der Waals surface area contributed by atoms with Gasteiger partial charge in [-0.25, -0.2) is 4.39 Å². The molecule has 0 aliphatic carbocycles. The summed E-state index contributed by atoms with van der Waals surface area (Å²) in [5.74, 6) is 0.436. The van der Waals surface area contributed by atoms with Gasteiger partial charge in [0.15, 0.2) is 0 Å². The fraction of sp³-hybridized carbons (Fsp3) is 0.235. The van der Waals surface area contributed by atoms with Crippen LogP contribution >= 0.6 is 0 Å². The van der Waals surface area contributed by atoms with Gasteiger partial charge in [-0.3, -0.25) is 4.79 Å². The Morgan fingerprint density at radius 2 is 1.95 bits per heavy atom. The predicted molar refractivity (Wildman–Crippen MR) is 76.5 cm³/mol. The standard InChI is InChI=1S/C17H17FO2/c1-12-6-7-17(20-2)14(8-12)11-16(19)10-13-4-3-5-15(18)9-13/h3-9H,10-11H2,1-2H3. The lowest BCUT2D eigenvalue weighted by atomic mass is 10.0. The summed E-state index contributed by atoms with van der Waals surface area (Å²) in [6, 6.07) is 11.9. The molecule has 0 saturated carbocycles. The number of benzene rings is 2. The minimum Gasteiger partial charge on any atom is -0.496 e. The van der Waals surface area contributed by atoms with Gasteiger partial charge in [0.1, 0.15) is 17.3 Å². The van der Waals surface area contributed by atoms with Crippen molar-refractivity contribution in [3.05, 3.63) is 65.0 Å². The molecule has 0 aliphatic rings. The molecule has 3 heteroatoms. The molecule has 0 radical (unpaired) electrons. The summed E-state index contributed by atoms with van der Waals surface area (Å²) in [5, 5.41) is 0. The minimum atomic E-state index is -0.316. The van der Waals surface area contributed by atoms with Crippen molar-refractivity contribution in [1.82, 2.24) is 0 Å². The van der Waals surface area contributed by atoms with Gasteiger partial charge < -0.3 is 4.74 Å². The number of ether oxygens (including phenoxy) is 1. The Hall–Kier alpha value is -2.16. The van der Waals surface area contributed by atoms with Gasteiger partial charge in [-0.15, -0.1) is 0 Å². The van der Waals surface area contributed by atoms with E-state index in [4.69, 9.17) is 4.74 Å². The molecule has 0 amide bonds. The molecule has 0 heterocycles. The summed E-state index contributed by atoms with van der Waals surface area (Å²) in [6.45, 7) is 1.97. The van der Waals surface area contributed by atoms with Crippen LogP contribution in [0.4, 0.5) is 4.39 Å². The second kappa shape index (κ2) is 6.33. The zero-order valence-electron chi connectivity index (χ0n) is 11.7. The Kier molecular flexibility index (Phi) is 4.51. The lowest BCUT2D eigenvalue weighted by Gasteiger charge is -2.09. The molecule has 20 heavy (non-hydrogen) atoms. The van der Waals surface area contributed by atoms with Gasteiger partial charge in [0.05, 0.1) is 7.11 Å². The molecule has 0 saturated heterocycles. The Morgan fingerprint density at radius 1 is 1.15 bits per heavy atom. The topological polar surface area (TPSA) is 26.3 Å². The maximum absolute atomic E-state index is 13.1. The highest BCUT2D eigenvalue weighted by Crippen LogP contribution is 2.21. The van der Waals surface area contributed by atoms with Crippen LogP contribution in [0.2, 0.25) is 0 Å². The summed E-state index contributed by atoms with van der Waals surface area (Å²) in [6.07, 6.45) is 0.524. The van der Waals surface area contributed by atoms with Gasteiger partial charge in [-0.1, -0.05) is 29.8 Å². The zero-order chi connectivity index (χ0) is 14.5. The number of aryl methyl sites for hydroxylation is 1. The highest BCUT2D eigenvalue weighted by molar-refractivity contribution is 5.83. The van der Waals surface area contributed by atoms with E-state index in [1.54, 1.807) is 19.2 Å².